The maximum atomic E-state index is 3.84. The van der Waals surface area contributed by atoms with E-state index in [1.807, 2.05) is 0 Å². The first-order valence-electron chi connectivity index (χ1n) is 8.17. The van der Waals surface area contributed by atoms with E-state index in [9.17, 15) is 0 Å². The lowest BCUT2D eigenvalue weighted by Gasteiger charge is -2.32. The van der Waals surface area contributed by atoms with E-state index < -0.39 is 0 Å². The van der Waals surface area contributed by atoms with Gasteiger partial charge in [-0.25, -0.2) is 0 Å². The van der Waals surface area contributed by atoms with E-state index in [4.69, 9.17) is 0 Å². The van der Waals surface area contributed by atoms with Gasteiger partial charge in [0, 0.05) is 12.6 Å². The molecule has 1 aliphatic carbocycles. The monoisotopic (exact) mass is 252 g/mol. The van der Waals surface area contributed by atoms with Crippen molar-refractivity contribution in [3.8, 4) is 0 Å². The van der Waals surface area contributed by atoms with Crippen LogP contribution in [0.25, 0.3) is 0 Å². The van der Waals surface area contributed by atoms with Crippen molar-refractivity contribution < 1.29 is 0 Å². The lowest BCUT2D eigenvalue weighted by atomic mass is 9.92. The highest BCUT2D eigenvalue weighted by Gasteiger charge is 2.21. The van der Waals surface area contributed by atoms with Crippen molar-refractivity contribution >= 4 is 0 Å². The van der Waals surface area contributed by atoms with Crippen LogP contribution in [-0.2, 0) is 0 Å². The summed E-state index contributed by atoms with van der Waals surface area (Å²) >= 11 is 0. The maximum Gasteiger partial charge on any atom is 0.00671 e. The molecule has 2 nitrogen and oxygen atoms in total. The fraction of sp³-hybridized carbons (Fsp3) is 1.00. The van der Waals surface area contributed by atoms with Crippen LogP contribution in [0.4, 0.5) is 0 Å². The smallest absolute Gasteiger partial charge is 0.00671 e. The van der Waals surface area contributed by atoms with Crippen molar-refractivity contribution in [3.63, 3.8) is 0 Å². The summed E-state index contributed by atoms with van der Waals surface area (Å²) in [6.07, 6.45) is 11.6. The van der Waals surface area contributed by atoms with Crippen LogP contribution < -0.4 is 5.32 Å². The van der Waals surface area contributed by atoms with Crippen molar-refractivity contribution in [1.82, 2.24) is 10.2 Å². The van der Waals surface area contributed by atoms with Gasteiger partial charge in [0.05, 0.1) is 0 Å². The van der Waals surface area contributed by atoms with Gasteiger partial charge >= 0.3 is 0 Å². The van der Waals surface area contributed by atoms with Crippen LogP contribution in [0.2, 0.25) is 0 Å². The zero-order chi connectivity index (χ0) is 12.8. The standard InChI is InChI=1S/C16H32N2/c1-14(16-9-5-3-4-6-10-16)17-12-15-8-7-11-18(2)13-15/h14-17H,3-13H2,1-2H3/t14-,15?/m0/s1. The minimum atomic E-state index is 0.732. The maximum absolute atomic E-state index is 3.84. The van der Waals surface area contributed by atoms with Gasteiger partial charge in [-0.15, -0.1) is 0 Å². The Kier molecular flexibility index (Phi) is 5.97. The number of nitrogens with zero attached hydrogens (tertiary/aromatic N) is 1. The number of hydrogen-bond donors (Lipinski definition) is 1. The van der Waals surface area contributed by atoms with Crippen LogP contribution in [0.15, 0.2) is 0 Å². The number of piperidine rings is 1. The molecule has 0 aromatic carbocycles. The molecule has 2 fully saturated rings. The summed E-state index contributed by atoms with van der Waals surface area (Å²) in [4.78, 5) is 2.49. The second-order valence-corrected chi connectivity index (χ2v) is 6.72. The third-order valence-corrected chi connectivity index (χ3v) is 5.06. The molecule has 2 aliphatic rings. The van der Waals surface area contributed by atoms with E-state index in [1.54, 1.807) is 0 Å². The first-order valence-corrected chi connectivity index (χ1v) is 8.17. The number of nitrogens with one attached hydrogen (secondary N) is 1. The molecule has 2 atom stereocenters. The van der Waals surface area contributed by atoms with E-state index in [2.05, 4.69) is 24.2 Å². The van der Waals surface area contributed by atoms with Gasteiger partial charge in [0.15, 0.2) is 0 Å². The topological polar surface area (TPSA) is 15.3 Å². The van der Waals surface area contributed by atoms with Crippen molar-refractivity contribution in [2.75, 3.05) is 26.7 Å². The predicted molar refractivity (Wildman–Crippen MR) is 78.9 cm³/mol. The molecule has 2 rings (SSSR count). The average molecular weight is 252 g/mol. The normalized spacial score (nSPS) is 30.0. The fourth-order valence-corrected chi connectivity index (χ4v) is 3.77. The molecule has 0 amide bonds. The minimum absolute atomic E-state index is 0.732. The molecule has 106 valence electrons. The molecule has 0 spiro atoms. The Morgan fingerprint density at radius 1 is 1.06 bits per heavy atom. The molecule has 1 heterocycles. The summed E-state index contributed by atoms with van der Waals surface area (Å²) in [7, 11) is 2.26. The van der Waals surface area contributed by atoms with Crippen molar-refractivity contribution in [3.05, 3.63) is 0 Å². The lowest BCUT2D eigenvalue weighted by molar-refractivity contribution is 0.197. The third kappa shape index (κ3) is 4.55. The summed E-state index contributed by atoms with van der Waals surface area (Å²) < 4.78 is 0. The Morgan fingerprint density at radius 2 is 1.78 bits per heavy atom. The van der Waals surface area contributed by atoms with Gasteiger partial charge in [0.2, 0.25) is 0 Å². The Hall–Kier alpha value is -0.0800. The molecule has 18 heavy (non-hydrogen) atoms. The summed E-state index contributed by atoms with van der Waals surface area (Å²) in [5.74, 6) is 1.82. The van der Waals surface area contributed by atoms with Gasteiger partial charge < -0.3 is 10.2 Å². The SMILES string of the molecule is C[C@H](NCC1CCCN(C)C1)C1CCCCCC1. The lowest BCUT2D eigenvalue weighted by Crippen LogP contribution is -2.42. The fourth-order valence-electron chi connectivity index (χ4n) is 3.77. The zero-order valence-corrected chi connectivity index (χ0v) is 12.5. The molecule has 0 aromatic heterocycles. The molecular formula is C16H32N2. The summed E-state index contributed by atoms with van der Waals surface area (Å²) in [6, 6.07) is 0.732. The van der Waals surface area contributed by atoms with Crippen LogP contribution in [-0.4, -0.2) is 37.6 Å². The van der Waals surface area contributed by atoms with E-state index in [0.717, 1.165) is 17.9 Å². The van der Waals surface area contributed by atoms with Gasteiger partial charge in [0.1, 0.15) is 0 Å². The van der Waals surface area contributed by atoms with Gasteiger partial charge in [-0.05, 0) is 64.6 Å². The van der Waals surface area contributed by atoms with E-state index in [1.165, 1.54) is 71.0 Å². The molecule has 0 aromatic rings. The van der Waals surface area contributed by atoms with Crippen LogP contribution >= 0.6 is 0 Å². The molecule has 1 saturated carbocycles. The van der Waals surface area contributed by atoms with Crippen molar-refractivity contribution in [2.24, 2.45) is 11.8 Å². The Bertz CT molecular complexity index is 221. The average Bonchev–Trinajstić information content (AvgIpc) is 2.65. The molecule has 1 aliphatic heterocycles. The Morgan fingerprint density at radius 3 is 2.44 bits per heavy atom. The Balaban J connectivity index is 1.68. The first-order chi connectivity index (χ1) is 8.75. The highest BCUT2D eigenvalue weighted by atomic mass is 15.1. The van der Waals surface area contributed by atoms with Crippen molar-refractivity contribution in [1.29, 1.82) is 0 Å². The molecule has 2 heteroatoms. The number of hydrogen-bond acceptors (Lipinski definition) is 2. The number of likely N-dealkylation sites (tertiary alicyclic amines) is 1. The van der Waals surface area contributed by atoms with Crippen LogP contribution in [0.3, 0.4) is 0 Å². The highest BCUT2D eigenvalue weighted by molar-refractivity contribution is 4.78. The first kappa shape index (κ1) is 14.3. The van der Waals surface area contributed by atoms with Crippen LogP contribution in [0.5, 0.6) is 0 Å². The minimum Gasteiger partial charge on any atom is -0.314 e. The second kappa shape index (κ2) is 7.49. The molecule has 0 radical (unpaired) electrons. The molecule has 0 bridgehead atoms. The molecule has 1 saturated heterocycles. The van der Waals surface area contributed by atoms with Crippen LogP contribution in [0, 0.1) is 11.8 Å². The van der Waals surface area contributed by atoms with Crippen molar-refractivity contribution in [2.45, 2.75) is 64.3 Å². The van der Waals surface area contributed by atoms with Gasteiger partial charge in [-0.2, -0.15) is 0 Å². The summed E-state index contributed by atoms with van der Waals surface area (Å²) in [6.45, 7) is 6.25. The Labute approximate surface area is 114 Å². The quantitative estimate of drug-likeness (QED) is 0.773. The van der Waals surface area contributed by atoms with Gasteiger partial charge in [-0.1, -0.05) is 25.7 Å². The zero-order valence-electron chi connectivity index (χ0n) is 12.5. The van der Waals surface area contributed by atoms with E-state index >= 15 is 0 Å². The highest BCUT2D eigenvalue weighted by Crippen LogP contribution is 2.25. The molecule has 1 unspecified atom stereocenters. The van der Waals surface area contributed by atoms with E-state index in [0.29, 0.717) is 0 Å². The number of rotatable bonds is 4. The molecular weight excluding hydrogens is 220 g/mol. The van der Waals surface area contributed by atoms with Crippen LogP contribution in [0.1, 0.15) is 58.3 Å². The predicted octanol–water partition coefficient (Wildman–Crippen LogP) is 3.28. The largest absolute Gasteiger partial charge is 0.314 e. The van der Waals surface area contributed by atoms with Gasteiger partial charge in [-0.3, -0.25) is 0 Å². The molecule has 1 N–H and O–H groups in total. The summed E-state index contributed by atoms with van der Waals surface area (Å²) in [5.41, 5.74) is 0. The van der Waals surface area contributed by atoms with E-state index in [-0.39, 0.29) is 0 Å². The van der Waals surface area contributed by atoms with Gasteiger partial charge in [0.25, 0.3) is 0 Å². The summed E-state index contributed by atoms with van der Waals surface area (Å²) in [5, 5.41) is 3.84. The second-order valence-electron chi connectivity index (χ2n) is 6.72. The third-order valence-electron chi connectivity index (χ3n) is 5.06.